The molecule has 5 N–H and O–H groups in total. The minimum absolute atomic E-state index is 0.0573. The van der Waals surface area contributed by atoms with Crippen molar-refractivity contribution in [2.45, 2.75) is 6.04 Å². The molecule has 0 saturated carbocycles. The van der Waals surface area contributed by atoms with Crippen molar-refractivity contribution in [1.29, 1.82) is 0 Å². The second-order valence-electron chi connectivity index (χ2n) is 2.69. The lowest BCUT2D eigenvalue weighted by Crippen LogP contribution is -2.40. The second kappa shape index (κ2) is 4.58. The number of carbonyl (C=O) groups is 1. The van der Waals surface area contributed by atoms with Crippen LogP contribution in [0.4, 0.5) is 0 Å². The van der Waals surface area contributed by atoms with Crippen molar-refractivity contribution in [2.24, 2.45) is 0 Å². The molecule has 1 aromatic rings. The largest absolute Gasteiger partial charge is 0.394 e. The van der Waals surface area contributed by atoms with Gasteiger partial charge in [0.25, 0.3) is 5.91 Å². The number of hydrogen-bond donors (Lipinski definition) is 5. The molecule has 1 rings (SSSR count). The number of H-pyrrole nitrogens is 2. The Balaban J connectivity index is 2.62. The van der Waals surface area contributed by atoms with Gasteiger partial charge >= 0.3 is 5.69 Å². The molecule has 1 aromatic heterocycles. The Bertz CT molecular complexity index is 352. The van der Waals surface area contributed by atoms with E-state index in [0.717, 1.165) is 0 Å². The number of hydrogen-bond acceptors (Lipinski definition) is 4. The van der Waals surface area contributed by atoms with E-state index in [2.05, 4.69) is 15.3 Å². The molecule has 0 aromatic carbocycles. The third kappa shape index (κ3) is 2.44. The molecule has 1 amide bonds. The molecule has 0 saturated heterocycles. The first kappa shape index (κ1) is 10.5. The van der Waals surface area contributed by atoms with Crippen LogP contribution in [-0.4, -0.2) is 45.3 Å². The van der Waals surface area contributed by atoms with Gasteiger partial charge in [-0.2, -0.15) is 0 Å². The molecule has 7 heteroatoms. The number of carbonyl (C=O) groups excluding carboxylic acids is 1. The lowest BCUT2D eigenvalue weighted by atomic mass is 10.3. The number of amides is 1. The van der Waals surface area contributed by atoms with Crippen LogP contribution in [-0.2, 0) is 0 Å². The maximum absolute atomic E-state index is 11.3. The Morgan fingerprint density at radius 3 is 2.57 bits per heavy atom. The molecule has 0 aliphatic heterocycles. The van der Waals surface area contributed by atoms with Crippen molar-refractivity contribution in [2.75, 3.05) is 13.2 Å². The summed E-state index contributed by atoms with van der Waals surface area (Å²) in [4.78, 5) is 26.4. The van der Waals surface area contributed by atoms with Crippen molar-refractivity contribution < 1.29 is 15.0 Å². The van der Waals surface area contributed by atoms with E-state index in [4.69, 9.17) is 10.2 Å². The van der Waals surface area contributed by atoms with Gasteiger partial charge < -0.3 is 25.5 Å². The maximum Gasteiger partial charge on any atom is 0.323 e. The van der Waals surface area contributed by atoms with Gasteiger partial charge in [0, 0.05) is 6.20 Å². The van der Waals surface area contributed by atoms with Gasteiger partial charge in [-0.15, -0.1) is 0 Å². The fourth-order valence-corrected chi connectivity index (χ4v) is 0.867. The Morgan fingerprint density at radius 2 is 2.14 bits per heavy atom. The fourth-order valence-electron chi connectivity index (χ4n) is 0.867. The molecular formula is C7H11N3O4. The molecule has 1 heterocycles. The topological polar surface area (TPSA) is 118 Å². The van der Waals surface area contributed by atoms with Crippen LogP contribution in [0.25, 0.3) is 0 Å². The number of aliphatic hydroxyl groups excluding tert-OH is 2. The minimum atomic E-state index is -0.721. The highest BCUT2D eigenvalue weighted by atomic mass is 16.3. The van der Waals surface area contributed by atoms with Crippen molar-refractivity contribution in [3.05, 3.63) is 22.4 Å². The van der Waals surface area contributed by atoms with E-state index in [9.17, 15) is 9.59 Å². The number of aromatic nitrogens is 2. The van der Waals surface area contributed by atoms with Gasteiger partial charge in [-0.1, -0.05) is 0 Å². The summed E-state index contributed by atoms with van der Waals surface area (Å²) in [7, 11) is 0. The quantitative estimate of drug-likeness (QED) is 0.379. The van der Waals surface area contributed by atoms with Gasteiger partial charge in [0.1, 0.15) is 5.69 Å². The summed E-state index contributed by atoms with van der Waals surface area (Å²) in [6.45, 7) is -0.728. The molecule has 78 valence electrons. The Morgan fingerprint density at radius 1 is 1.50 bits per heavy atom. The standard InChI is InChI=1S/C7H11N3O4/c11-2-4(3-12)9-6(13)5-1-8-7(14)10-5/h1,4,11-12H,2-3H2,(H,9,13)(H2,8,10,14). The van der Waals surface area contributed by atoms with Gasteiger partial charge in [0.05, 0.1) is 19.3 Å². The predicted molar refractivity (Wildman–Crippen MR) is 46.8 cm³/mol. The SMILES string of the molecule is O=C(NC(CO)CO)c1c[nH]c(=O)[nH]1. The van der Waals surface area contributed by atoms with Crippen LogP contribution in [0.3, 0.4) is 0 Å². The Hall–Kier alpha value is -1.60. The highest BCUT2D eigenvalue weighted by Crippen LogP contribution is 1.89. The number of imidazole rings is 1. The number of nitrogens with one attached hydrogen (secondary N) is 3. The molecule has 0 atom stereocenters. The highest BCUT2D eigenvalue weighted by molar-refractivity contribution is 5.92. The fraction of sp³-hybridized carbons (Fsp3) is 0.429. The van der Waals surface area contributed by atoms with E-state index >= 15 is 0 Å². The van der Waals surface area contributed by atoms with Crippen LogP contribution in [0.15, 0.2) is 11.0 Å². The summed E-state index contributed by atoms with van der Waals surface area (Å²) in [5, 5.41) is 19.7. The van der Waals surface area contributed by atoms with Crippen LogP contribution < -0.4 is 11.0 Å². The summed E-state index contributed by atoms with van der Waals surface area (Å²) in [6.07, 6.45) is 1.21. The Kier molecular flexibility index (Phi) is 3.43. The van der Waals surface area contributed by atoms with E-state index in [0.29, 0.717) is 0 Å². The van der Waals surface area contributed by atoms with E-state index in [1.807, 2.05) is 0 Å². The first-order chi connectivity index (χ1) is 6.67. The average molecular weight is 201 g/mol. The van der Waals surface area contributed by atoms with Crippen LogP contribution in [0, 0.1) is 0 Å². The highest BCUT2D eigenvalue weighted by Gasteiger charge is 2.12. The van der Waals surface area contributed by atoms with Crippen LogP contribution >= 0.6 is 0 Å². The normalized spacial score (nSPS) is 10.5. The van der Waals surface area contributed by atoms with Crippen molar-refractivity contribution in [3.63, 3.8) is 0 Å². The monoisotopic (exact) mass is 201 g/mol. The number of aromatic amines is 2. The van der Waals surface area contributed by atoms with Gasteiger partial charge in [-0.05, 0) is 0 Å². The lowest BCUT2D eigenvalue weighted by Gasteiger charge is -2.11. The van der Waals surface area contributed by atoms with Gasteiger partial charge in [0.15, 0.2) is 0 Å². The summed E-state index contributed by atoms with van der Waals surface area (Å²) >= 11 is 0. The molecular weight excluding hydrogens is 190 g/mol. The maximum atomic E-state index is 11.3. The van der Waals surface area contributed by atoms with Gasteiger partial charge in [-0.3, -0.25) is 4.79 Å². The molecule has 0 aliphatic rings. The van der Waals surface area contributed by atoms with E-state index < -0.39 is 17.6 Å². The average Bonchev–Trinajstić information content (AvgIpc) is 2.61. The summed E-state index contributed by atoms with van der Waals surface area (Å²) in [6, 6.07) is -0.721. The van der Waals surface area contributed by atoms with Gasteiger partial charge in [-0.25, -0.2) is 4.79 Å². The Labute approximate surface area is 78.8 Å². The van der Waals surface area contributed by atoms with Crippen molar-refractivity contribution >= 4 is 5.91 Å². The van der Waals surface area contributed by atoms with Crippen molar-refractivity contribution in [3.8, 4) is 0 Å². The molecule has 0 radical (unpaired) electrons. The van der Waals surface area contributed by atoms with Gasteiger partial charge in [0.2, 0.25) is 0 Å². The summed E-state index contributed by atoms with van der Waals surface area (Å²) < 4.78 is 0. The third-order valence-electron chi connectivity index (χ3n) is 1.62. The zero-order valence-corrected chi connectivity index (χ0v) is 7.28. The zero-order valence-electron chi connectivity index (χ0n) is 7.28. The molecule has 14 heavy (non-hydrogen) atoms. The molecule has 0 aliphatic carbocycles. The first-order valence-electron chi connectivity index (χ1n) is 3.97. The van der Waals surface area contributed by atoms with E-state index in [1.54, 1.807) is 0 Å². The molecule has 0 unspecified atom stereocenters. The molecule has 0 spiro atoms. The molecule has 7 nitrogen and oxygen atoms in total. The second-order valence-corrected chi connectivity index (χ2v) is 2.69. The van der Waals surface area contributed by atoms with Crippen LogP contribution in [0.1, 0.15) is 10.5 Å². The number of rotatable bonds is 4. The van der Waals surface area contributed by atoms with E-state index in [-0.39, 0.29) is 18.9 Å². The lowest BCUT2D eigenvalue weighted by molar-refractivity contribution is 0.0875. The smallest absolute Gasteiger partial charge is 0.323 e. The van der Waals surface area contributed by atoms with Crippen LogP contribution in [0.5, 0.6) is 0 Å². The summed E-state index contributed by atoms with van der Waals surface area (Å²) in [5.74, 6) is -0.559. The minimum Gasteiger partial charge on any atom is -0.394 e. The number of aliphatic hydroxyl groups is 2. The molecule has 0 fully saturated rings. The summed E-state index contributed by atoms with van der Waals surface area (Å²) in [5.41, 5.74) is -0.429. The third-order valence-corrected chi connectivity index (χ3v) is 1.62. The van der Waals surface area contributed by atoms with Crippen LogP contribution in [0.2, 0.25) is 0 Å². The predicted octanol–water partition coefficient (Wildman–Crippen LogP) is -2.21. The zero-order chi connectivity index (χ0) is 10.6. The molecule has 0 bridgehead atoms. The first-order valence-corrected chi connectivity index (χ1v) is 3.97. The van der Waals surface area contributed by atoms with Crippen molar-refractivity contribution in [1.82, 2.24) is 15.3 Å². The van der Waals surface area contributed by atoms with E-state index in [1.165, 1.54) is 6.20 Å².